The summed E-state index contributed by atoms with van der Waals surface area (Å²) in [6.07, 6.45) is 1.34. The molecule has 3 rings (SSSR count). The molecule has 5 heteroatoms. The van der Waals surface area contributed by atoms with Crippen LogP contribution in [0.25, 0.3) is 22.4 Å². The summed E-state index contributed by atoms with van der Waals surface area (Å²) >= 11 is 0. The van der Waals surface area contributed by atoms with Crippen molar-refractivity contribution in [3.8, 4) is 22.4 Å². The molecular weight excluding hydrogens is 300 g/mol. The third kappa shape index (κ3) is 2.81. The van der Waals surface area contributed by atoms with E-state index in [-0.39, 0.29) is 22.4 Å². The Balaban J connectivity index is 2.20. The van der Waals surface area contributed by atoms with Gasteiger partial charge >= 0.3 is 5.97 Å². The van der Waals surface area contributed by atoms with Gasteiger partial charge in [0.1, 0.15) is 11.6 Å². The molecule has 0 fully saturated rings. The third-order valence-electron chi connectivity index (χ3n) is 3.43. The zero-order valence-electron chi connectivity index (χ0n) is 11.8. The number of carboxylic acid groups (broad SMARTS) is 1. The monoisotopic (exact) mass is 311 g/mol. The zero-order chi connectivity index (χ0) is 16.4. The van der Waals surface area contributed by atoms with Gasteiger partial charge in [-0.2, -0.15) is 0 Å². The lowest BCUT2D eigenvalue weighted by Gasteiger charge is -2.09. The number of aromatic carboxylic acids is 1. The summed E-state index contributed by atoms with van der Waals surface area (Å²) in [5, 5.41) is 9.40. The Bertz CT molecular complexity index is 894. The molecule has 0 aliphatic rings. The smallest absolute Gasteiger partial charge is 0.337 e. The maximum atomic E-state index is 13.9. The van der Waals surface area contributed by atoms with Crippen LogP contribution >= 0.6 is 0 Å². The molecule has 0 aliphatic heterocycles. The second-order valence-corrected chi connectivity index (χ2v) is 4.89. The molecule has 0 atom stereocenters. The van der Waals surface area contributed by atoms with Gasteiger partial charge in [-0.25, -0.2) is 13.6 Å². The summed E-state index contributed by atoms with van der Waals surface area (Å²) < 4.78 is 27.8. The lowest BCUT2D eigenvalue weighted by Crippen LogP contribution is -2.03. The minimum absolute atomic E-state index is 0.00990. The Kier molecular flexibility index (Phi) is 3.85. The summed E-state index contributed by atoms with van der Waals surface area (Å²) in [5.74, 6) is -2.31. The van der Waals surface area contributed by atoms with Crippen LogP contribution in [-0.2, 0) is 0 Å². The molecule has 0 aliphatic carbocycles. The molecule has 3 nitrogen and oxygen atoms in total. The number of carboxylic acids is 1. The van der Waals surface area contributed by atoms with Gasteiger partial charge in [0.15, 0.2) is 0 Å². The van der Waals surface area contributed by atoms with E-state index in [9.17, 15) is 18.7 Å². The van der Waals surface area contributed by atoms with Crippen LogP contribution in [0.15, 0.2) is 60.8 Å². The standard InChI is InChI=1S/C18H11F2NO2/c19-15-7-3-1-5-12(15)11-9-14(18(22)23)17(21-10-11)13-6-2-4-8-16(13)20/h1-10H,(H,22,23). The largest absolute Gasteiger partial charge is 0.478 e. The molecule has 1 N–H and O–H groups in total. The second kappa shape index (κ2) is 5.96. The van der Waals surface area contributed by atoms with Crippen molar-refractivity contribution in [2.24, 2.45) is 0 Å². The molecule has 2 aromatic carbocycles. The van der Waals surface area contributed by atoms with E-state index in [4.69, 9.17) is 0 Å². The van der Waals surface area contributed by atoms with Crippen molar-refractivity contribution in [1.82, 2.24) is 4.98 Å². The highest BCUT2D eigenvalue weighted by Gasteiger charge is 2.18. The van der Waals surface area contributed by atoms with E-state index in [2.05, 4.69) is 4.98 Å². The van der Waals surface area contributed by atoms with Crippen LogP contribution in [0.4, 0.5) is 8.78 Å². The first kappa shape index (κ1) is 14.8. The number of pyridine rings is 1. The number of carbonyl (C=O) groups is 1. The fraction of sp³-hybridized carbons (Fsp3) is 0. The van der Waals surface area contributed by atoms with Crippen LogP contribution < -0.4 is 0 Å². The molecule has 0 unspecified atom stereocenters. The molecule has 3 aromatic rings. The van der Waals surface area contributed by atoms with Crippen LogP contribution in [-0.4, -0.2) is 16.1 Å². The highest BCUT2D eigenvalue weighted by atomic mass is 19.1. The van der Waals surface area contributed by atoms with E-state index in [0.29, 0.717) is 5.56 Å². The molecule has 0 radical (unpaired) electrons. The second-order valence-electron chi connectivity index (χ2n) is 4.89. The SMILES string of the molecule is O=C(O)c1cc(-c2ccccc2F)cnc1-c1ccccc1F. The van der Waals surface area contributed by atoms with E-state index < -0.39 is 17.6 Å². The molecule has 0 bridgehead atoms. The Morgan fingerprint density at radius 1 is 0.913 bits per heavy atom. The normalized spacial score (nSPS) is 10.5. The van der Waals surface area contributed by atoms with Crippen LogP contribution in [0.2, 0.25) is 0 Å². The molecule has 0 saturated carbocycles. The molecule has 23 heavy (non-hydrogen) atoms. The van der Waals surface area contributed by atoms with Crippen molar-refractivity contribution in [3.05, 3.63) is 78.0 Å². The fourth-order valence-corrected chi connectivity index (χ4v) is 2.34. The van der Waals surface area contributed by atoms with Gasteiger partial charge in [-0.05, 0) is 24.3 Å². The number of aromatic nitrogens is 1. The molecule has 114 valence electrons. The van der Waals surface area contributed by atoms with Crippen molar-refractivity contribution in [2.45, 2.75) is 0 Å². The minimum atomic E-state index is -1.26. The van der Waals surface area contributed by atoms with Crippen molar-refractivity contribution < 1.29 is 18.7 Å². The van der Waals surface area contributed by atoms with Gasteiger partial charge in [0.05, 0.1) is 11.3 Å². The first-order chi connectivity index (χ1) is 11.1. The van der Waals surface area contributed by atoms with Crippen LogP contribution in [0.3, 0.4) is 0 Å². The Morgan fingerprint density at radius 3 is 2.04 bits per heavy atom. The molecule has 0 amide bonds. The van der Waals surface area contributed by atoms with E-state index in [1.165, 1.54) is 48.7 Å². The van der Waals surface area contributed by atoms with Gasteiger partial charge in [0.2, 0.25) is 0 Å². The number of hydrogen-bond donors (Lipinski definition) is 1. The molecule has 1 aromatic heterocycles. The van der Waals surface area contributed by atoms with E-state index in [1.807, 2.05) is 0 Å². The number of hydrogen-bond acceptors (Lipinski definition) is 2. The average molecular weight is 311 g/mol. The summed E-state index contributed by atoms with van der Waals surface area (Å²) in [7, 11) is 0. The van der Waals surface area contributed by atoms with Gasteiger partial charge in [-0.15, -0.1) is 0 Å². The predicted octanol–water partition coefficient (Wildman–Crippen LogP) is 4.39. The molecule has 1 heterocycles. The van der Waals surface area contributed by atoms with E-state index in [1.54, 1.807) is 12.1 Å². The molecule has 0 spiro atoms. The summed E-state index contributed by atoms with van der Waals surface area (Å²) in [6.45, 7) is 0. The van der Waals surface area contributed by atoms with Gasteiger partial charge in [-0.1, -0.05) is 30.3 Å². The van der Waals surface area contributed by atoms with Gasteiger partial charge in [-0.3, -0.25) is 4.98 Å². The Labute approximate surface area is 130 Å². The molecular formula is C18H11F2NO2. The average Bonchev–Trinajstić information content (AvgIpc) is 2.55. The number of rotatable bonds is 3. The first-order valence-electron chi connectivity index (χ1n) is 6.81. The van der Waals surface area contributed by atoms with Crippen LogP contribution in [0.5, 0.6) is 0 Å². The van der Waals surface area contributed by atoms with Crippen molar-refractivity contribution in [3.63, 3.8) is 0 Å². The molecule has 0 saturated heterocycles. The van der Waals surface area contributed by atoms with Gasteiger partial charge < -0.3 is 5.11 Å². The lowest BCUT2D eigenvalue weighted by atomic mass is 10.0. The highest BCUT2D eigenvalue weighted by molar-refractivity contribution is 5.96. The van der Waals surface area contributed by atoms with E-state index >= 15 is 0 Å². The quantitative estimate of drug-likeness (QED) is 0.780. The highest BCUT2D eigenvalue weighted by Crippen LogP contribution is 2.29. The lowest BCUT2D eigenvalue weighted by molar-refractivity contribution is 0.0697. The summed E-state index contributed by atoms with van der Waals surface area (Å²) in [5.41, 5.74) is 0.472. The Morgan fingerprint density at radius 2 is 1.48 bits per heavy atom. The maximum Gasteiger partial charge on any atom is 0.337 e. The van der Waals surface area contributed by atoms with E-state index in [0.717, 1.165) is 0 Å². The number of nitrogens with zero attached hydrogens (tertiary/aromatic N) is 1. The van der Waals surface area contributed by atoms with Gasteiger partial charge in [0.25, 0.3) is 0 Å². The topological polar surface area (TPSA) is 50.2 Å². The summed E-state index contributed by atoms with van der Waals surface area (Å²) in [4.78, 5) is 15.6. The van der Waals surface area contributed by atoms with Crippen molar-refractivity contribution in [1.29, 1.82) is 0 Å². The fourth-order valence-electron chi connectivity index (χ4n) is 2.34. The number of benzene rings is 2. The van der Waals surface area contributed by atoms with Crippen molar-refractivity contribution >= 4 is 5.97 Å². The Hall–Kier alpha value is -3.08. The van der Waals surface area contributed by atoms with Gasteiger partial charge in [0, 0.05) is 22.9 Å². The predicted molar refractivity (Wildman–Crippen MR) is 82.0 cm³/mol. The third-order valence-corrected chi connectivity index (χ3v) is 3.43. The minimum Gasteiger partial charge on any atom is -0.478 e. The van der Waals surface area contributed by atoms with Crippen LogP contribution in [0.1, 0.15) is 10.4 Å². The summed E-state index contributed by atoms with van der Waals surface area (Å²) in [6, 6.07) is 13.1. The maximum absolute atomic E-state index is 13.9. The zero-order valence-corrected chi connectivity index (χ0v) is 11.8. The van der Waals surface area contributed by atoms with Crippen LogP contribution in [0, 0.1) is 11.6 Å². The number of halogens is 2. The first-order valence-corrected chi connectivity index (χ1v) is 6.81. The van der Waals surface area contributed by atoms with Crippen molar-refractivity contribution in [2.75, 3.05) is 0 Å².